The third kappa shape index (κ3) is 2.26. The minimum Gasteiger partial charge on any atom is -0.479 e. The van der Waals surface area contributed by atoms with Gasteiger partial charge >= 0.3 is 5.97 Å². The molecule has 0 aromatic carbocycles. The zero-order valence-electron chi connectivity index (χ0n) is 10.2. The van der Waals surface area contributed by atoms with Gasteiger partial charge in [-0.25, -0.2) is 4.79 Å². The quantitative estimate of drug-likeness (QED) is 0.903. The van der Waals surface area contributed by atoms with Gasteiger partial charge in [0, 0.05) is 10.9 Å². The van der Waals surface area contributed by atoms with Gasteiger partial charge in [-0.3, -0.25) is 4.79 Å². The van der Waals surface area contributed by atoms with Gasteiger partial charge in [0.05, 0.1) is 0 Å². The van der Waals surface area contributed by atoms with E-state index in [4.69, 9.17) is 4.74 Å². The summed E-state index contributed by atoms with van der Waals surface area (Å²) in [5.41, 5.74) is 0. The fourth-order valence-electron chi connectivity index (χ4n) is 2.19. The van der Waals surface area contributed by atoms with Gasteiger partial charge in [-0.05, 0) is 25.3 Å². The molecule has 2 heterocycles. The van der Waals surface area contributed by atoms with Crippen LogP contribution in [0, 0.1) is 0 Å². The number of carbonyl (C=O) groups is 2. The fraction of sp³-hybridized carbons (Fsp3) is 0.500. The first kappa shape index (κ1) is 13.0. The molecular formula is C12H15NO4S. The molecule has 1 amide bonds. The van der Waals surface area contributed by atoms with Crippen molar-refractivity contribution in [1.82, 2.24) is 4.90 Å². The highest BCUT2D eigenvalue weighted by Gasteiger charge is 2.43. The van der Waals surface area contributed by atoms with Crippen LogP contribution in [0.3, 0.4) is 0 Å². The Hall–Kier alpha value is -1.40. The number of ether oxygens (including phenoxy) is 1. The lowest BCUT2D eigenvalue weighted by molar-refractivity contribution is -0.175. The number of hydrogen-bond donors (Lipinski definition) is 1. The molecule has 0 radical (unpaired) electrons. The molecule has 1 saturated heterocycles. The minimum absolute atomic E-state index is 0.0599. The number of thiophene rings is 1. The number of amides is 1. The molecule has 0 aliphatic carbocycles. The summed E-state index contributed by atoms with van der Waals surface area (Å²) in [5, 5.41) is 11.1. The van der Waals surface area contributed by atoms with Crippen LogP contribution in [0.1, 0.15) is 24.8 Å². The molecule has 1 fully saturated rings. The Morgan fingerprint density at radius 3 is 2.83 bits per heavy atom. The summed E-state index contributed by atoms with van der Waals surface area (Å²) < 4.78 is 5.18. The van der Waals surface area contributed by atoms with Crippen molar-refractivity contribution in [1.29, 1.82) is 0 Å². The molecule has 0 spiro atoms. The van der Waals surface area contributed by atoms with E-state index >= 15 is 0 Å². The lowest BCUT2D eigenvalue weighted by atomic mass is 10.0. The first-order valence-electron chi connectivity index (χ1n) is 5.71. The fourth-order valence-corrected chi connectivity index (χ4v) is 3.04. The smallest absolute Gasteiger partial charge is 0.335 e. The molecule has 98 valence electrons. The van der Waals surface area contributed by atoms with Crippen LogP contribution in [-0.4, -0.2) is 40.6 Å². The number of hydrogen-bond acceptors (Lipinski definition) is 4. The van der Waals surface area contributed by atoms with E-state index in [0.717, 1.165) is 4.88 Å². The Kier molecular flexibility index (Phi) is 3.68. The summed E-state index contributed by atoms with van der Waals surface area (Å²) in [4.78, 5) is 25.6. The van der Waals surface area contributed by atoms with E-state index in [1.165, 1.54) is 11.3 Å². The summed E-state index contributed by atoms with van der Waals surface area (Å²) in [7, 11) is 0. The van der Waals surface area contributed by atoms with Crippen LogP contribution < -0.4 is 0 Å². The Balaban J connectivity index is 2.41. The maximum Gasteiger partial charge on any atom is 0.335 e. The lowest BCUT2D eigenvalue weighted by Gasteiger charge is -2.41. The van der Waals surface area contributed by atoms with Gasteiger partial charge in [0.1, 0.15) is 12.6 Å². The number of carboxylic acid groups (broad SMARTS) is 1. The Morgan fingerprint density at radius 2 is 2.33 bits per heavy atom. The molecule has 1 aliphatic heterocycles. The number of carboxylic acids is 1. The van der Waals surface area contributed by atoms with Crippen molar-refractivity contribution in [3.05, 3.63) is 22.4 Å². The monoisotopic (exact) mass is 269 g/mol. The summed E-state index contributed by atoms with van der Waals surface area (Å²) >= 11 is 1.44. The summed E-state index contributed by atoms with van der Waals surface area (Å²) in [6, 6.07) is 3.08. The highest BCUT2D eigenvalue weighted by Crippen LogP contribution is 2.34. The second kappa shape index (κ2) is 5.07. The van der Waals surface area contributed by atoms with Gasteiger partial charge in [-0.15, -0.1) is 11.3 Å². The highest BCUT2D eigenvalue weighted by atomic mass is 32.1. The minimum atomic E-state index is -1.04. The SMILES string of the molecule is CC(C)N1C(=O)COC(C(=O)O)C1c1cccs1. The van der Waals surface area contributed by atoms with Crippen LogP contribution in [0.5, 0.6) is 0 Å². The van der Waals surface area contributed by atoms with Crippen LogP contribution >= 0.6 is 11.3 Å². The van der Waals surface area contributed by atoms with Crippen molar-refractivity contribution >= 4 is 23.2 Å². The van der Waals surface area contributed by atoms with Crippen molar-refractivity contribution < 1.29 is 19.4 Å². The van der Waals surface area contributed by atoms with Gasteiger partial charge in [-0.2, -0.15) is 0 Å². The molecule has 5 nitrogen and oxygen atoms in total. The second-order valence-electron chi connectivity index (χ2n) is 4.42. The van der Waals surface area contributed by atoms with Crippen molar-refractivity contribution in [3.63, 3.8) is 0 Å². The maximum absolute atomic E-state index is 11.9. The van der Waals surface area contributed by atoms with E-state index in [9.17, 15) is 14.7 Å². The molecule has 1 aromatic rings. The van der Waals surface area contributed by atoms with E-state index in [1.807, 2.05) is 31.4 Å². The first-order valence-corrected chi connectivity index (χ1v) is 6.59. The zero-order chi connectivity index (χ0) is 13.3. The van der Waals surface area contributed by atoms with Crippen LogP contribution in [0.2, 0.25) is 0 Å². The average molecular weight is 269 g/mol. The van der Waals surface area contributed by atoms with E-state index in [1.54, 1.807) is 4.90 Å². The molecule has 6 heteroatoms. The van der Waals surface area contributed by atoms with Crippen molar-refractivity contribution in [2.45, 2.75) is 32.0 Å². The molecule has 1 aliphatic rings. The first-order chi connectivity index (χ1) is 8.52. The van der Waals surface area contributed by atoms with Gasteiger partial charge in [0.15, 0.2) is 6.10 Å². The van der Waals surface area contributed by atoms with Crippen molar-refractivity contribution in [2.24, 2.45) is 0 Å². The molecular weight excluding hydrogens is 254 g/mol. The molecule has 2 atom stereocenters. The van der Waals surface area contributed by atoms with E-state index in [-0.39, 0.29) is 18.6 Å². The van der Waals surface area contributed by atoms with E-state index in [2.05, 4.69) is 0 Å². The number of carbonyl (C=O) groups excluding carboxylic acids is 1. The summed E-state index contributed by atoms with van der Waals surface area (Å²) in [5.74, 6) is -1.20. The van der Waals surface area contributed by atoms with E-state index < -0.39 is 18.1 Å². The van der Waals surface area contributed by atoms with Crippen molar-refractivity contribution in [2.75, 3.05) is 6.61 Å². The maximum atomic E-state index is 11.9. The second-order valence-corrected chi connectivity index (χ2v) is 5.40. The molecule has 1 N–H and O–H groups in total. The normalized spacial score (nSPS) is 24.6. The van der Waals surface area contributed by atoms with Gasteiger partial charge in [-0.1, -0.05) is 6.07 Å². The van der Waals surface area contributed by atoms with Gasteiger partial charge in [0.2, 0.25) is 5.91 Å². The number of aliphatic carboxylic acids is 1. The molecule has 18 heavy (non-hydrogen) atoms. The van der Waals surface area contributed by atoms with Crippen molar-refractivity contribution in [3.8, 4) is 0 Å². The zero-order valence-corrected chi connectivity index (χ0v) is 11.0. The molecule has 1 aromatic heterocycles. The summed E-state index contributed by atoms with van der Waals surface area (Å²) in [6.07, 6.45) is -0.997. The van der Waals surface area contributed by atoms with Crippen LogP contribution in [-0.2, 0) is 14.3 Å². The van der Waals surface area contributed by atoms with Crippen LogP contribution in [0.15, 0.2) is 17.5 Å². The molecule has 2 rings (SSSR count). The molecule has 0 bridgehead atoms. The third-order valence-electron chi connectivity index (χ3n) is 2.90. The topological polar surface area (TPSA) is 66.8 Å². The highest BCUT2D eigenvalue weighted by molar-refractivity contribution is 7.10. The average Bonchev–Trinajstić information content (AvgIpc) is 2.80. The number of rotatable bonds is 3. The van der Waals surface area contributed by atoms with Gasteiger partial charge < -0.3 is 14.7 Å². The summed E-state index contributed by atoms with van der Waals surface area (Å²) in [6.45, 7) is 3.59. The lowest BCUT2D eigenvalue weighted by Crippen LogP contribution is -2.54. The standard InChI is InChI=1S/C12H15NO4S/c1-7(2)13-9(14)6-17-11(12(15)16)10(13)8-4-3-5-18-8/h3-5,7,10-11H,6H2,1-2H3,(H,15,16). The Morgan fingerprint density at radius 1 is 1.61 bits per heavy atom. The predicted octanol–water partition coefficient (Wildman–Crippen LogP) is 1.51. The predicted molar refractivity (Wildman–Crippen MR) is 66.4 cm³/mol. The van der Waals surface area contributed by atoms with E-state index in [0.29, 0.717) is 0 Å². The van der Waals surface area contributed by atoms with Crippen LogP contribution in [0.4, 0.5) is 0 Å². The third-order valence-corrected chi connectivity index (χ3v) is 3.84. The molecule has 2 unspecified atom stereocenters. The number of nitrogens with zero attached hydrogens (tertiary/aromatic N) is 1. The van der Waals surface area contributed by atoms with Crippen LogP contribution in [0.25, 0.3) is 0 Å². The Bertz CT molecular complexity index is 443. The number of morpholine rings is 1. The molecule has 0 saturated carbocycles. The van der Waals surface area contributed by atoms with Gasteiger partial charge in [0.25, 0.3) is 0 Å². The largest absolute Gasteiger partial charge is 0.479 e. The Labute approximate surface area is 109 Å².